The Hall–Kier alpha value is -1.76. The van der Waals surface area contributed by atoms with Crippen molar-refractivity contribution in [3.8, 4) is 5.75 Å². The summed E-state index contributed by atoms with van der Waals surface area (Å²) in [6, 6.07) is 5.08. The number of alkyl halides is 3. The van der Waals surface area contributed by atoms with Crippen LogP contribution in [0.25, 0.3) is 0 Å². The highest BCUT2D eigenvalue weighted by atomic mass is 19.4. The summed E-state index contributed by atoms with van der Waals surface area (Å²) in [6.07, 6.45) is -4.42. The fraction of sp³-hybridized carbons (Fsp3) is 0.417. The molecule has 0 aliphatic rings. The van der Waals surface area contributed by atoms with Crippen LogP contribution in [0.2, 0.25) is 0 Å². The summed E-state index contributed by atoms with van der Waals surface area (Å²) in [5.41, 5.74) is 0.293. The molecule has 0 amide bonds. The van der Waals surface area contributed by atoms with Crippen molar-refractivity contribution < 1.29 is 27.4 Å². The number of methoxy groups -OCH3 is 2. The van der Waals surface area contributed by atoms with Crippen LogP contribution in [-0.2, 0) is 9.53 Å². The standard InChI is InChI=1S/C12H14F3NO3/c1-18-9-6-4-3-5-8(9)10(11(17)19-2)16-7-12(13,14)15/h3-6,10,16H,7H2,1-2H3. The molecule has 1 rings (SSSR count). The summed E-state index contributed by atoms with van der Waals surface area (Å²) in [6.45, 7) is -1.30. The molecule has 1 aromatic rings. The lowest BCUT2D eigenvalue weighted by molar-refractivity contribution is -0.146. The van der Waals surface area contributed by atoms with Gasteiger partial charge in [-0.3, -0.25) is 5.32 Å². The summed E-state index contributed by atoms with van der Waals surface area (Å²) in [4.78, 5) is 11.6. The Morgan fingerprint density at radius 2 is 1.95 bits per heavy atom. The third-order valence-electron chi connectivity index (χ3n) is 2.39. The lowest BCUT2D eigenvalue weighted by Gasteiger charge is -2.19. The smallest absolute Gasteiger partial charge is 0.401 e. The van der Waals surface area contributed by atoms with Gasteiger partial charge < -0.3 is 9.47 Å². The van der Waals surface area contributed by atoms with Crippen molar-refractivity contribution in [2.24, 2.45) is 0 Å². The molecule has 4 nitrogen and oxygen atoms in total. The highest BCUT2D eigenvalue weighted by Crippen LogP contribution is 2.26. The Bertz CT molecular complexity index is 434. The Morgan fingerprint density at radius 1 is 1.32 bits per heavy atom. The molecule has 7 heteroatoms. The molecule has 1 aromatic carbocycles. The third kappa shape index (κ3) is 4.44. The molecule has 1 atom stereocenters. The van der Waals surface area contributed by atoms with E-state index in [9.17, 15) is 18.0 Å². The van der Waals surface area contributed by atoms with Gasteiger partial charge in [-0.2, -0.15) is 13.2 Å². The van der Waals surface area contributed by atoms with Crippen molar-refractivity contribution in [2.45, 2.75) is 12.2 Å². The predicted molar refractivity (Wildman–Crippen MR) is 61.8 cm³/mol. The van der Waals surface area contributed by atoms with Crippen LogP contribution in [0.1, 0.15) is 11.6 Å². The molecule has 0 aliphatic heterocycles. The summed E-state index contributed by atoms with van der Waals surface area (Å²) in [5, 5.41) is 2.12. The highest BCUT2D eigenvalue weighted by molar-refractivity contribution is 5.78. The summed E-state index contributed by atoms with van der Waals surface area (Å²) < 4.78 is 46.2. The molecule has 19 heavy (non-hydrogen) atoms. The van der Waals surface area contributed by atoms with Crippen LogP contribution in [-0.4, -0.2) is 32.9 Å². The van der Waals surface area contributed by atoms with E-state index in [0.717, 1.165) is 7.11 Å². The minimum absolute atomic E-state index is 0.293. The molecule has 0 fully saturated rings. The van der Waals surface area contributed by atoms with E-state index >= 15 is 0 Å². The Labute approximate surface area is 108 Å². The maximum absolute atomic E-state index is 12.2. The van der Waals surface area contributed by atoms with Gasteiger partial charge in [-0.15, -0.1) is 0 Å². The van der Waals surface area contributed by atoms with Crippen molar-refractivity contribution >= 4 is 5.97 Å². The van der Waals surface area contributed by atoms with Gasteiger partial charge in [0.25, 0.3) is 0 Å². The second-order valence-electron chi connectivity index (χ2n) is 3.69. The summed E-state index contributed by atoms with van der Waals surface area (Å²) in [7, 11) is 2.48. The number of hydrogen-bond donors (Lipinski definition) is 1. The highest BCUT2D eigenvalue weighted by Gasteiger charge is 2.32. The number of halogens is 3. The molecular formula is C12H14F3NO3. The lowest BCUT2D eigenvalue weighted by Crippen LogP contribution is -2.36. The van der Waals surface area contributed by atoms with E-state index < -0.39 is 24.7 Å². The molecule has 0 spiro atoms. The molecule has 0 radical (unpaired) electrons. The van der Waals surface area contributed by atoms with Gasteiger partial charge in [-0.25, -0.2) is 4.79 Å². The third-order valence-corrected chi connectivity index (χ3v) is 2.39. The quantitative estimate of drug-likeness (QED) is 0.837. The number of nitrogens with one attached hydrogen (secondary N) is 1. The van der Waals surface area contributed by atoms with Crippen LogP contribution < -0.4 is 10.1 Å². The van der Waals surface area contributed by atoms with Crippen molar-refractivity contribution in [1.82, 2.24) is 5.32 Å². The molecule has 0 heterocycles. The van der Waals surface area contributed by atoms with Crippen molar-refractivity contribution in [1.29, 1.82) is 0 Å². The normalized spacial score (nSPS) is 12.9. The maximum Gasteiger partial charge on any atom is 0.401 e. The van der Waals surface area contributed by atoms with Gasteiger partial charge in [-0.05, 0) is 6.07 Å². The Balaban J connectivity index is 2.99. The Kier molecular flexibility index (Phi) is 5.17. The lowest BCUT2D eigenvalue weighted by atomic mass is 10.1. The monoisotopic (exact) mass is 277 g/mol. The van der Waals surface area contributed by atoms with Crippen LogP contribution in [0.5, 0.6) is 5.75 Å². The average Bonchev–Trinajstić information content (AvgIpc) is 2.37. The van der Waals surface area contributed by atoms with E-state index in [1.807, 2.05) is 0 Å². The van der Waals surface area contributed by atoms with Crippen LogP contribution in [0.3, 0.4) is 0 Å². The van der Waals surface area contributed by atoms with E-state index in [1.165, 1.54) is 13.2 Å². The minimum Gasteiger partial charge on any atom is -0.496 e. The molecule has 1 unspecified atom stereocenters. The number of para-hydroxylation sites is 1. The number of hydrogen-bond acceptors (Lipinski definition) is 4. The average molecular weight is 277 g/mol. The van der Waals surface area contributed by atoms with Gasteiger partial charge >= 0.3 is 12.1 Å². The van der Waals surface area contributed by atoms with E-state index in [4.69, 9.17) is 4.74 Å². The first-order chi connectivity index (χ1) is 8.89. The molecule has 0 saturated heterocycles. The zero-order valence-electron chi connectivity index (χ0n) is 10.5. The second kappa shape index (κ2) is 6.42. The van der Waals surface area contributed by atoms with Crippen LogP contribution in [0.4, 0.5) is 13.2 Å². The predicted octanol–water partition coefficient (Wildman–Crippen LogP) is 2.06. The van der Waals surface area contributed by atoms with Gasteiger partial charge in [0.2, 0.25) is 0 Å². The fourth-order valence-electron chi connectivity index (χ4n) is 1.56. The van der Waals surface area contributed by atoms with E-state index in [2.05, 4.69) is 10.1 Å². The summed E-state index contributed by atoms with van der Waals surface area (Å²) in [5.74, 6) is -0.499. The van der Waals surface area contributed by atoms with Crippen LogP contribution in [0, 0.1) is 0 Å². The number of ether oxygens (including phenoxy) is 2. The van der Waals surface area contributed by atoms with Gasteiger partial charge in [-0.1, -0.05) is 18.2 Å². The largest absolute Gasteiger partial charge is 0.496 e. The van der Waals surface area contributed by atoms with Crippen molar-refractivity contribution in [3.63, 3.8) is 0 Å². The number of rotatable bonds is 5. The van der Waals surface area contributed by atoms with Gasteiger partial charge in [0.1, 0.15) is 11.8 Å². The maximum atomic E-state index is 12.2. The number of carbonyl (C=O) groups is 1. The van der Waals surface area contributed by atoms with E-state index in [0.29, 0.717) is 11.3 Å². The Morgan fingerprint density at radius 3 is 2.47 bits per heavy atom. The topological polar surface area (TPSA) is 47.6 Å². The molecule has 0 aromatic heterocycles. The van der Waals surface area contributed by atoms with Gasteiger partial charge in [0.15, 0.2) is 0 Å². The van der Waals surface area contributed by atoms with Crippen molar-refractivity contribution in [2.75, 3.05) is 20.8 Å². The van der Waals surface area contributed by atoms with E-state index in [1.54, 1.807) is 18.2 Å². The first kappa shape index (κ1) is 15.3. The zero-order chi connectivity index (χ0) is 14.5. The molecule has 1 N–H and O–H groups in total. The molecular weight excluding hydrogens is 263 g/mol. The summed E-state index contributed by atoms with van der Waals surface area (Å²) >= 11 is 0. The molecule has 0 bridgehead atoms. The SMILES string of the molecule is COC(=O)C(NCC(F)(F)F)c1ccccc1OC. The minimum atomic E-state index is -4.42. The van der Waals surface area contributed by atoms with Crippen LogP contribution in [0.15, 0.2) is 24.3 Å². The molecule has 0 aliphatic carbocycles. The number of carbonyl (C=O) groups excluding carboxylic acids is 1. The second-order valence-corrected chi connectivity index (χ2v) is 3.69. The number of benzene rings is 1. The zero-order valence-corrected chi connectivity index (χ0v) is 10.5. The van der Waals surface area contributed by atoms with Gasteiger partial charge in [0.05, 0.1) is 20.8 Å². The molecule has 106 valence electrons. The van der Waals surface area contributed by atoms with E-state index in [-0.39, 0.29) is 0 Å². The van der Waals surface area contributed by atoms with Gasteiger partial charge in [0, 0.05) is 5.56 Å². The fourth-order valence-corrected chi connectivity index (χ4v) is 1.56. The number of esters is 1. The molecule has 0 saturated carbocycles. The van der Waals surface area contributed by atoms with Crippen LogP contribution >= 0.6 is 0 Å². The van der Waals surface area contributed by atoms with Crippen molar-refractivity contribution in [3.05, 3.63) is 29.8 Å². The first-order valence-electron chi connectivity index (χ1n) is 5.40. The first-order valence-corrected chi connectivity index (χ1v) is 5.40.